The van der Waals surface area contributed by atoms with Gasteiger partial charge in [-0.3, -0.25) is 0 Å². The van der Waals surface area contributed by atoms with Crippen molar-refractivity contribution in [1.29, 1.82) is 0 Å². The zero-order valence-electron chi connectivity index (χ0n) is 17.2. The molecule has 0 N–H and O–H groups in total. The van der Waals surface area contributed by atoms with Gasteiger partial charge in [-0.05, 0) is 30.7 Å². The third kappa shape index (κ3) is 4.09. The van der Waals surface area contributed by atoms with Gasteiger partial charge < -0.3 is 9.09 Å². The quantitative estimate of drug-likeness (QED) is 0.330. The molecule has 5 rings (SSSR count). The fourth-order valence-corrected chi connectivity index (χ4v) is 3.72. The van der Waals surface area contributed by atoms with Gasteiger partial charge in [0, 0.05) is 18.5 Å². The fraction of sp³-hybridized carbons (Fsp3) is 0.174. The van der Waals surface area contributed by atoms with Crippen molar-refractivity contribution in [3.05, 3.63) is 89.4 Å². The fourth-order valence-electron chi connectivity index (χ4n) is 3.72. The lowest BCUT2D eigenvalue weighted by Crippen LogP contribution is -2.14. The van der Waals surface area contributed by atoms with Crippen LogP contribution in [-0.2, 0) is 6.54 Å². The van der Waals surface area contributed by atoms with Gasteiger partial charge in [0.2, 0.25) is 0 Å². The number of hydrogen-bond donors (Lipinski definition) is 0. The summed E-state index contributed by atoms with van der Waals surface area (Å²) in [5.74, 6) is -3.56. The Kier molecular flexibility index (Phi) is 5.26. The van der Waals surface area contributed by atoms with Crippen LogP contribution in [0.5, 0.6) is 0 Å². The summed E-state index contributed by atoms with van der Waals surface area (Å²) in [5, 5.41) is 3.81. The summed E-state index contributed by atoms with van der Waals surface area (Å²) in [6.07, 6.45) is -0.132. The standard InChI is InChI=1S/C23H14F6N4O/c24-16-3-1-2-15(21(16)26)22-30-18-6-7-33(11-20(18)31-22)10-13-9-19(32-34-13)14-5-4-12(8-17(14)25)23(27,28)29/h1-4,6-9,11,14H,5,10H2. The first-order valence-electron chi connectivity index (χ1n) is 10.1. The van der Waals surface area contributed by atoms with Crippen LogP contribution in [-0.4, -0.2) is 25.9 Å². The number of alkyl halides is 3. The molecule has 0 spiro atoms. The van der Waals surface area contributed by atoms with Crippen LogP contribution < -0.4 is 0 Å². The number of nitrogens with zero attached hydrogens (tertiary/aromatic N) is 4. The highest BCUT2D eigenvalue weighted by atomic mass is 19.4. The van der Waals surface area contributed by atoms with Crippen LogP contribution in [0, 0.1) is 11.6 Å². The topological polar surface area (TPSA) is 56.7 Å². The molecule has 11 heteroatoms. The number of benzene rings is 1. The second kappa shape index (κ2) is 8.15. The highest BCUT2D eigenvalue weighted by molar-refractivity contribution is 5.66. The molecule has 1 aromatic heterocycles. The summed E-state index contributed by atoms with van der Waals surface area (Å²) >= 11 is 0. The third-order valence-corrected chi connectivity index (χ3v) is 5.42. The molecule has 1 aliphatic carbocycles. The summed E-state index contributed by atoms with van der Waals surface area (Å²) in [7, 11) is 0. The number of halogens is 6. The van der Waals surface area contributed by atoms with Gasteiger partial charge in [0.05, 0.1) is 35.0 Å². The van der Waals surface area contributed by atoms with Gasteiger partial charge in [-0.2, -0.15) is 13.2 Å². The minimum atomic E-state index is -4.61. The van der Waals surface area contributed by atoms with E-state index in [-0.39, 0.29) is 30.0 Å². The van der Waals surface area contributed by atoms with E-state index in [1.165, 1.54) is 18.2 Å². The molecule has 0 radical (unpaired) electrons. The minimum absolute atomic E-state index is 0.0394. The van der Waals surface area contributed by atoms with E-state index in [9.17, 15) is 26.3 Å². The van der Waals surface area contributed by atoms with Gasteiger partial charge in [-0.25, -0.2) is 23.1 Å². The van der Waals surface area contributed by atoms with Crippen molar-refractivity contribution >= 4 is 0 Å². The van der Waals surface area contributed by atoms with Crippen LogP contribution in [0.4, 0.5) is 26.3 Å². The van der Waals surface area contributed by atoms with E-state index < -0.39 is 35.1 Å². The predicted molar refractivity (Wildman–Crippen MR) is 108 cm³/mol. The van der Waals surface area contributed by atoms with E-state index in [0.717, 1.165) is 12.1 Å². The Morgan fingerprint density at radius 3 is 2.62 bits per heavy atom. The predicted octanol–water partition coefficient (Wildman–Crippen LogP) is 6.19. The summed E-state index contributed by atoms with van der Waals surface area (Å²) in [5.41, 5.74) is -0.0169. The monoisotopic (exact) mass is 476 g/mol. The van der Waals surface area contributed by atoms with E-state index in [1.807, 2.05) is 0 Å². The maximum absolute atomic E-state index is 14.3. The minimum Gasteiger partial charge on any atom is -0.359 e. The van der Waals surface area contributed by atoms with Gasteiger partial charge in [-0.1, -0.05) is 17.3 Å². The Morgan fingerprint density at radius 1 is 1.06 bits per heavy atom. The highest BCUT2D eigenvalue weighted by Gasteiger charge is 2.36. The van der Waals surface area contributed by atoms with E-state index >= 15 is 0 Å². The maximum Gasteiger partial charge on any atom is 0.416 e. The van der Waals surface area contributed by atoms with Crippen LogP contribution in [0.1, 0.15) is 23.8 Å². The molecule has 0 saturated carbocycles. The molecular formula is C23H14F6N4O. The molecule has 0 fully saturated rings. The van der Waals surface area contributed by atoms with Crippen molar-refractivity contribution in [3.63, 3.8) is 0 Å². The van der Waals surface area contributed by atoms with E-state index in [2.05, 4.69) is 15.1 Å². The molecule has 0 amide bonds. The number of allylic oxidation sites excluding steroid dienone is 4. The van der Waals surface area contributed by atoms with E-state index in [1.54, 1.807) is 23.0 Å². The zero-order chi connectivity index (χ0) is 24.0. The average molecular weight is 476 g/mol. The number of imidazole rings is 1. The van der Waals surface area contributed by atoms with Crippen molar-refractivity contribution in [2.24, 2.45) is 0 Å². The summed E-state index contributed by atoms with van der Waals surface area (Å²) in [6.45, 7) is 0.168. The van der Waals surface area contributed by atoms with Crippen LogP contribution >= 0.6 is 0 Å². The molecule has 174 valence electrons. The first-order chi connectivity index (χ1) is 16.2. The molecule has 2 aromatic rings. The Hall–Kier alpha value is -3.89. The second-order valence-electron chi connectivity index (χ2n) is 7.73. The van der Waals surface area contributed by atoms with Gasteiger partial charge in [0.1, 0.15) is 11.5 Å². The van der Waals surface area contributed by atoms with Crippen molar-refractivity contribution in [3.8, 4) is 22.8 Å². The molecule has 34 heavy (non-hydrogen) atoms. The SMILES string of the molecule is FC1=CC(C(F)(F)F)=CCC1c1cc(Cn2ccc3nc(-c4cccc(F)c4F)nc-3c2)on1. The van der Waals surface area contributed by atoms with Gasteiger partial charge >= 0.3 is 6.18 Å². The Morgan fingerprint density at radius 2 is 1.85 bits per heavy atom. The van der Waals surface area contributed by atoms with Crippen molar-refractivity contribution in [1.82, 2.24) is 19.7 Å². The lowest BCUT2D eigenvalue weighted by Gasteiger charge is -2.17. The third-order valence-electron chi connectivity index (χ3n) is 5.42. The molecule has 0 saturated heterocycles. The molecule has 5 nitrogen and oxygen atoms in total. The molecule has 3 aliphatic rings. The molecule has 1 unspecified atom stereocenters. The van der Waals surface area contributed by atoms with Crippen LogP contribution in [0.3, 0.4) is 0 Å². The largest absolute Gasteiger partial charge is 0.416 e. The number of fused-ring (bicyclic) bond motifs is 1. The highest BCUT2D eigenvalue weighted by Crippen LogP contribution is 2.39. The lowest BCUT2D eigenvalue weighted by atomic mass is 9.92. The van der Waals surface area contributed by atoms with Crippen LogP contribution in [0.25, 0.3) is 22.8 Å². The molecule has 1 atom stereocenters. The van der Waals surface area contributed by atoms with Crippen molar-refractivity contribution in [2.75, 3.05) is 0 Å². The first-order valence-corrected chi connectivity index (χ1v) is 10.1. The van der Waals surface area contributed by atoms with E-state index in [4.69, 9.17) is 4.52 Å². The normalized spacial score (nSPS) is 16.6. The Balaban J connectivity index is 1.35. The number of rotatable bonds is 4. The van der Waals surface area contributed by atoms with Crippen LogP contribution in [0.15, 0.2) is 70.8 Å². The summed E-state index contributed by atoms with van der Waals surface area (Å²) < 4.78 is 87.1. The van der Waals surface area contributed by atoms with Gasteiger partial charge in [0.15, 0.2) is 23.2 Å². The Labute approximate surface area is 188 Å². The molecule has 2 aliphatic heterocycles. The molecule has 3 heterocycles. The van der Waals surface area contributed by atoms with Gasteiger partial charge in [0.25, 0.3) is 0 Å². The zero-order valence-corrected chi connectivity index (χ0v) is 17.2. The summed E-state index contributed by atoms with van der Waals surface area (Å²) in [4.78, 5) is 8.49. The molecular weight excluding hydrogens is 462 g/mol. The Bertz CT molecular complexity index is 1400. The van der Waals surface area contributed by atoms with Crippen molar-refractivity contribution in [2.45, 2.75) is 25.1 Å². The lowest BCUT2D eigenvalue weighted by molar-refractivity contribution is -0.0889. The van der Waals surface area contributed by atoms with Crippen LogP contribution in [0.2, 0.25) is 0 Å². The second-order valence-corrected chi connectivity index (χ2v) is 7.73. The van der Waals surface area contributed by atoms with Gasteiger partial charge in [-0.15, -0.1) is 0 Å². The number of pyridine rings is 1. The molecule has 1 aromatic carbocycles. The maximum atomic E-state index is 14.3. The smallest absolute Gasteiger partial charge is 0.359 e. The first kappa shape index (κ1) is 21.9. The number of hydrogen-bond acceptors (Lipinski definition) is 4. The van der Waals surface area contributed by atoms with Crippen molar-refractivity contribution < 1.29 is 30.9 Å². The van der Waals surface area contributed by atoms with E-state index in [0.29, 0.717) is 23.2 Å². The molecule has 0 bridgehead atoms. The number of aromatic nitrogens is 4. The average Bonchev–Trinajstić information content (AvgIpc) is 3.41. The summed E-state index contributed by atoms with van der Waals surface area (Å²) in [6, 6.07) is 6.85.